The molecule has 24 heavy (non-hydrogen) atoms. The summed E-state index contributed by atoms with van der Waals surface area (Å²) in [5, 5.41) is 7.17. The standard InChI is InChI=1S/C17H23N5O2/c1-10-11(2)20-16(12(3)19-10)17(23)21-14-6-5-7-15(14)24-13-8-18-22(4)9-13/h8-9,14-15H,5-7H2,1-4H3,(H,21,23)/t14-,15+/m0/s1. The van der Waals surface area contributed by atoms with Crippen LogP contribution in [-0.2, 0) is 7.05 Å². The lowest BCUT2D eigenvalue weighted by Gasteiger charge is -2.21. The topological polar surface area (TPSA) is 81.9 Å². The molecule has 1 amide bonds. The quantitative estimate of drug-likeness (QED) is 0.926. The molecule has 128 valence electrons. The maximum absolute atomic E-state index is 12.6. The van der Waals surface area contributed by atoms with E-state index >= 15 is 0 Å². The Morgan fingerprint density at radius 1 is 1.21 bits per heavy atom. The van der Waals surface area contributed by atoms with Gasteiger partial charge in [0.2, 0.25) is 0 Å². The van der Waals surface area contributed by atoms with Gasteiger partial charge >= 0.3 is 0 Å². The Labute approximate surface area is 141 Å². The molecule has 0 radical (unpaired) electrons. The van der Waals surface area contributed by atoms with Gasteiger partial charge in [-0.05, 0) is 40.0 Å². The number of hydrogen-bond acceptors (Lipinski definition) is 5. The van der Waals surface area contributed by atoms with Crippen molar-refractivity contribution in [2.24, 2.45) is 7.05 Å². The van der Waals surface area contributed by atoms with E-state index in [-0.39, 0.29) is 18.1 Å². The van der Waals surface area contributed by atoms with Gasteiger partial charge in [0.25, 0.3) is 5.91 Å². The highest BCUT2D eigenvalue weighted by Crippen LogP contribution is 2.25. The number of aromatic nitrogens is 4. The molecule has 0 bridgehead atoms. The summed E-state index contributed by atoms with van der Waals surface area (Å²) in [6, 6.07) is -0.0273. The summed E-state index contributed by atoms with van der Waals surface area (Å²) in [5.41, 5.74) is 2.67. The van der Waals surface area contributed by atoms with Crippen LogP contribution >= 0.6 is 0 Å². The van der Waals surface area contributed by atoms with Gasteiger partial charge < -0.3 is 10.1 Å². The fourth-order valence-electron chi connectivity index (χ4n) is 3.03. The van der Waals surface area contributed by atoms with E-state index in [2.05, 4.69) is 20.4 Å². The molecule has 2 atom stereocenters. The van der Waals surface area contributed by atoms with Gasteiger partial charge in [0.15, 0.2) is 5.75 Å². The number of carbonyl (C=O) groups is 1. The summed E-state index contributed by atoms with van der Waals surface area (Å²) >= 11 is 0. The molecule has 1 fully saturated rings. The van der Waals surface area contributed by atoms with Gasteiger partial charge in [-0.25, -0.2) is 4.98 Å². The first kappa shape index (κ1) is 16.4. The first-order valence-corrected chi connectivity index (χ1v) is 8.22. The zero-order chi connectivity index (χ0) is 17.3. The predicted molar refractivity (Wildman–Crippen MR) is 89.0 cm³/mol. The largest absolute Gasteiger partial charge is 0.485 e. The first-order chi connectivity index (χ1) is 11.4. The van der Waals surface area contributed by atoms with Crippen LogP contribution in [0.1, 0.15) is 46.8 Å². The van der Waals surface area contributed by atoms with Crippen molar-refractivity contribution >= 4 is 5.91 Å². The van der Waals surface area contributed by atoms with Crippen molar-refractivity contribution < 1.29 is 9.53 Å². The number of hydrogen-bond donors (Lipinski definition) is 1. The molecule has 2 heterocycles. The molecule has 2 aromatic rings. The molecule has 1 aliphatic rings. The molecule has 7 heteroatoms. The van der Waals surface area contributed by atoms with Gasteiger partial charge in [0.05, 0.1) is 35.5 Å². The van der Waals surface area contributed by atoms with Crippen molar-refractivity contribution in [2.75, 3.05) is 0 Å². The second kappa shape index (κ2) is 6.59. The molecule has 3 rings (SSSR count). The van der Waals surface area contributed by atoms with Gasteiger partial charge in [-0.2, -0.15) is 5.10 Å². The summed E-state index contributed by atoms with van der Waals surface area (Å²) in [5.74, 6) is 0.542. The molecule has 1 aliphatic carbocycles. The van der Waals surface area contributed by atoms with Crippen LogP contribution in [0.2, 0.25) is 0 Å². The Kier molecular flexibility index (Phi) is 4.51. The fourth-order valence-corrected chi connectivity index (χ4v) is 3.03. The number of ether oxygens (including phenoxy) is 1. The van der Waals surface area contributed by atoms with Crippen LogP contribution in [0.5, 0.6) is 5.75 Å². The third-order valence-corrected chi connectivity index (χ3v) is 4.43. The minimum absolute atomic E-state index is 0.0273. The molecule has 0 saturated heterocycles. The third kappa shape index (κ3) is 3.39. The summed E-state index contributed by atoms with van der Waals surface area (Å²) < 4.78 is 7.68. The number of carbonyl (C=O) groups excluding carboxylic acids is 1. The summed E-state index contributed by atoms with van der Waals surface area (Å²) in [6.07, 6.45) is 6.31. The smallest absolute Gasteiger partial charge is 0.272 e. The zero-order valence-corrected chi connectivity index (χ0v) is 14.5. The molecule has 1 N–H and O–H groups in total. The van der Waals surface area contributed by atoms with Crippen LogP contribution in [0.4, 0.5) is 0 Å². The Bertz CT molecular complexity index is 755. The molecule has 0 unspecified atom stereocenters. The van der Waals surface area contributed by atoms with Gasteiger partial charge in [-0.1, -0.05) is 0 Å². The Hall–Kier alpha value is -2.44. The normalized spacial score (nSPS) is 20.2. The minimum Gasteiger partial charge on any atom is -0.485 e. The molecular formula is C17H23N5O2. The fraction of sp³-hybridized carbons (Fsp3) is 0.529. The predicted octanol–water partition coefficient (Wildman–Crippen LogP) is 1.87. The van der Waals surface area contributed by atoms with Gasteiger partial charge in [-0.3, -0.25) is 14.5 Å². The zero-order valence-electron chi connectivity index (χ0n) is 14.5. The van der Waals surface area contributed by atoms with E-state index in [0.29, 0.717) is 11.4 Å². The van der Waals surface area contributed by atoms with Crippen LogP contribution in [0.15, 0.2) is 12.4 Å². The summed E-state index contributed by atoms with van der Waals surface area (Å²) in [4.78, 5) is 21.4. The van der Waals surface area contributed by atoms with E-state index in [0.717, 1.165) is 36.4 Å². The van der Waals surface area contributed by atoms with Crippen molar-refractivity contribution in [3.05, 3.63) is 35.2 Å². The number of aryl methyl sites for hydroxylation is 4. The summed E-state index contributed by atoms with van der Waals surface area (Å²) in [6.45, 7) is 5.57. The molecule has 2 aromatic heterocycles. The van der Waals surface area contributed by atoms with Crippen LogP contribution in [-0.4, -0.2) is 37.8 Å². The van der Waals surface area contributed by atoms with E-state index in [4.69, 9.17) is 4.74 Å². The summed E-state index contributed by atoms with van der Waals surface area (Å²) in [7, 11) is 1.85. The maximum atomic E-state index is 12.6. The number of nitrogens with zero attached hydrogens (tertiary/aromatic N) is 4. The van der Waals surface area contributed by atoms with Crippen LogP contribution in [0, 0.1) is 20.8 Å². The van der Waals surface area contributed by atoms with E-state index in [1.807, 2.05) is 34.0 Å². The lowest BCUT2D eigenvalue weighted by Crippen LogP contribution is -2.43. The van der Waals surface area contributed by atoms with Crippen LogP contribution in [0.25, 0.3) is 0 Å². The second-order valence-corrected chi connectivity index (χ2v) is 6.35. The van der Waals surface area contributed by atoms with Crippen molar-refractivity contribution in [1.29, 1.82) is 0 Å². The lowest BCUT2D eigenvalue weighted by molar-refractivity contribution is 0.0887. The number of nitrogens with one attached hydrogen (secondary N) is 1. The van der Waals surface area contributed by atoms with Gasteiger partial charge in [0, 0.05) is 7.05 Å². The molecule has 7 nitrogen and oxygen atoms in total. The second-order valence-electron chi connectivity index (χ2n) is 6.35. The van der Waals surface area contributed by atoms with Gasteiger partial charge in [-0.15, -0.1) is 0 Å². The van der Waals surface area contributed by atoms with Crippen molar-refractivity contribution in [1.82, 2.24) is 25.1 Å². The minimum atomic E-state index is -0.185. The van der Waals surface area contributed by atoms with Crippen LogP contribution in [0.3, 0.4) is 0 Å². The van der Waals surface area contributed by atoms with E-state index in [1.54, 1.807) is 10.9 Å². The number of amides is 1. The van der Waals surface area contributed by atoms with Crippen molar-refractivity contribution in [3.8, 4) is 5.75 Å². The molecule has 0 aromatic carbocycles. The SMILES string of the molecule is Cc1nc(C)c(C(=O)N[C@H]2CCC[C@H]2Oc2cnn(C)c2)nc1C. The maximum Gasteiger partial charge on any atom is 0.272 e. The first-order valence-electron chi connectivity index (χ1n) is 8.22. The lowest BCUT2D eigenvalue weighted by atomic mass is 10.2. The van der Waals surface area contributed by atoms with Gasteiger partial charge in [0.1, 0.15) is 11.8 Å². The molecular weight excluding hydrogens is 306 g/mol. The third-order valence-electron chi connectivity index (χ3n) is 4.43. The molecule has 1 saturated carbocycles. The Morgan fingerprint density at radius 2 is 1.96 bits per heavy atom. The highest BCUT2D eigenvalue weighted by molar-refractivity contribution is 5.93. The molecule has 0 aliphatic heterocycles. The monoisotopic (exact) mass is 329 g/mol. The average molecular weight is 329 g/mol. The average Bonchev–Trinajstić information content (AvgIpc) is 3.13. The van der Waals surface area contributed by atoms with Crippen molar-refractivity contribution in [2.45, 2.75) is 52.2 Å². The number of rotatable bonds is 4. The van der Waals surface area contributed by atoms with Crippen molar-refractivity contribution in [3.63, 3.8) is 0 Å². The van der Waals surface area contributed by atoms with E-state index < -0.39 is 0 Å². The highest BCUT2D eigenvalue weighted by atomic mass is 16.5. The Balaban J connectivity index is 1.70. The van der Waals surface area contributed by atoms with E-state index in [9.17, 15) is 4.79 Å². The molecule has 0 spiro atoms. The Morgan fingerprint density at radius 3 is 2.67 bits per heavy atom. The highest BCUT2D eigenvalue weighted by Gasteiger charge is 2.31. The van der Waals surface area contributed by atoms with E-state index in [1.165, 1.54) is 0 Å². The van der Waals surface area contributed by atoms with Crippen LogP contribution < -0.4 is 10.1 Å².